The van der Waals surface area contributed by atoms with Crippen LogP contribution < -0.4 is 11.2 Å². The summed E-state index contributed by atoms with van der Waals surface area (Å²) in [6, 6.07) is 11.3. The Morgan fingerprint density at radius 1 is 1.24 bits per heavy atom. The fraction of sp³-hybridized carbons (Fsp3) is 0.455. The van der Waals surface area contributed by atoms with Gasteiger partial charge in [0.05, 0.1) is 24.7 Å². The van der Waals surface area contributed by atoms with E-state index in [1.807, 2.05) is 37.3 Å². The van der Waals surface area contributed by atoms with Crippen LogP contribution in [-0.2, 0) is 16.1 Å². The van der Waals surface area contributed by atoms with E-state index in [0.29, 0.717) is 19.6 Å². The number of aromatic nitrogens is 2. The van der Waals surface area contributed by atoms with Crippen LogP contribution in [0.2, 0.25) is 19.6 Å². The van der Waals surface area contributed by atoms with Gasteiger partial charge in [-0.2, -0.15) is 0 Å². The summed E-state index contributed by atoms with van der Waals surface area (Å²) >= 11 is 0. The van der Waals surface area contributed by atoms with Crippen molar-refractivity contribution in [1.29, 1.82) is 0 Å². The van der Waals surface area contributed by atoms with Crippen molar-refractivity contribution in [2.24, 2.45) is 5.92 Å². The van der Waals surface area contributed by atoms with Gasteiger partial charge in [-0.25, -0.2) is 4.79 Å². The molecule has 0 unspecified atom stereocenters. The number of H-pyrrole nitrogens is 1. The number of aromatic amines is 1. The van der Waals surface area contributed by atoms with E-state index in [1.165, 1.54) is 16.8 Å². The number of ether oxygens (including phenoxy) is 2. The second kappa shape index (κ2) is 8.53. The molecule has 1 fully saturated rings. The van der Waals surface area contributed by atoms with Gasteiger partial charge in [0, 0.05) is 12.3 Å². The van der Waals surface area contributed by atoms with Gasteiger partial charge in [-0.3, -0.25) is 14.3 Å². The standard InChI is InChI=1S/C22H28N2O4Si/c1-22(16-27-15-17-8-6-5-7-9-17)14-18(11-13-29(2,3)4)20(28-22)24-12-10-19(25)23-21(24)26/h5-10,12,18,20H,14-16H2,1-4H3,(H,23,25,26)/t18-,20+,22-/m0/s1. The van der Waals surface area contributed by atoms with Crippen LogP contribution in [-0.4, -0.2) is 29.8 Å². The van der Waals surface area contributed by atoms with E-state index >= 15 is 0 Å². The number of hydrogen-bond acceptors (Lipinski definition) is 4. The Bertz CT molecular complexity index is 1010. The summed E-state index contributed by atoms with van der Waals surface area (Å²) in [4.78, 5) is 26.1. The van der Waals surface area contributed by atoms with E-state index in [4.69, 9.17) is 9.47 Å². The summed E-state index contributed by atoms with van der Waals surface area (Å²) in [5, 5.41) is 0. The molecule has 154 valence electrons. The first-order valence-electron chi connectivity index (χ1n) is 9.79. The van der Waals surface area contributed by atoms with E-state index in [2.05, 4.69) is 36.1 Å². The number of hydrogen-bond donors (Lipinski definition) is 1. The van der Waals surface area contributed by atoms with E-state index in [0.717, 1.165) is 5.56 Å². The topological polar surface area (TPSA) is 73.3 Å². The van der Waals surface area contributed by atoms with Crippen LogP contribution in [0.1, 0.15) is 25.1 Å². The van der Waals surface area contributed by atoms with Crippen molar-refractivity contribution >= 4 is 8.07 Å². The summed E-state index contributed by atoms with van der Waals surface area (Å²) in [5.74, 6) is 3.20. The monoisotopic (exact) mass is 412 g/mol. The molecule has 1 saturated heterocycles. The molecule has 0 amide bonds. The summed E-state index contributed by atoms with van der Waals surface area (Å²) in [7, 11) is -1.59. The number of rotatable bonds is 5. The number of nitrogens with zero attached hydrogens (tertiary/aromatic N) is 1. The van der Waals surface area contributed by atoms with Crippen molar-refractivity contribution < 1.29 is 9.47 Å². The molecule has 1 aliphatic rings. The molecule has 1 aromatic carbocycles. The van der Waals surface area contributed by atoms with Gasteiger partial charge in [-0.15, -0.1) is 11.5 Å². The van der Waals surface area contributed by atoms with Crippen LogP contribution in [0.25, 0.3) is 0 Å². The molecule has 0 radical (unpaired) electrons. The molecule has 3 rings (SSSR count). The van der Waals surface area contributed by atoms with E-state index in [9.17, 15) is 9.59 Å². The van der Waals surface area contributed by atoms with Crippen LogP contribution in [0.15, 0.2) is 52.2 Å². The van der Waals surface area contributed by atoms with E-state index in [-0.39, 0.29) is 5.92 Å². The van der Waals surface area contributed by atoms with Gasteiger partial charge in [0.1, 0.15) is 8.07 Å². The zero-order chi connectivity index (χ0) is 21.1. The first-order chi connectivity index (χ1) is 13.7. The Kier molecular flexibility index (Phi) is 6.27. The van der Waals surface area contributed by atoms with Crippen molar-refractivity contribution in [3.63, 3.8) is 0 Å². The molecule has 6 nitrogen and oxygen atoms in total. The molecule has 0 aliphatic carbocycles. The average molecular weight is 413 g/mol. The van der Waals surface area contributed by atoms with Gasteiger partial charge < -0.3 is 9.47 Å². The first kappa shape index (κ1) is 21.3. The maximum absolute atomic E-state index is 12.3. The number of nitrogens with one attached hydrogen (secondary N) is 1. The van der Waals surface area contributed by atoms with Crippen LogP contribution in [0.5, 0.6) is 0 Å². The molecule has 0 spiro atoms. The van der Waals surface area contributed by atoms with Crippen LogP contribution in [0, 0.1) is 17.4 Å². The lowest BCUT2D eigenvalue weighted by Crippen LogP contribution is -2.35. The molecule has 0 bridgehead atoms. The lowest BCUT2D eigenvalue weighted by Gasteiger charge is -2.25. The van der Waals surface area contributed by atoms with Gasteiger partial charge in [-0.05, 0) is 18.9 Å². The SMILES string of the molecule is C[C@@]1(COCc2ccccc2)C[C@H](C#C[Si](C)(C)C)[C@H](n2ccc(=O)[nH]c2=O)O1. The van der Waals surface area contributed by atoms with Gasteiger partial charge in [-0.1, -0.05) is 50.0 Å². The third-order valence-corrected chi connectivity index (χ3v) is 5.57. The summed E-state index contributed by atoms with van der Waals surface area (Å²) in [6.45, 7) is 9.41. The van der Waals surface area contributed by atoms with E-state index in [1.54, 1.807) is 0 Å². The Morgan fingerprint density at radius 3 is 2.62 bits per heavy atom. The van der Waals surface area contributed by atoms with Crippen molar-refractivity contribution in [1.82, 2.24) is 9.55 Å². The zero-order valence-corrected chi connectivity index (χ0v) is 18.4. The maximum atomic E-state index is 12.3. The molecule has 2 aromatic rings. The molecule has 1 N–H and O–H groups in total. The molecular formula is C22H28N2O4Si. The lowest BCUT2D eigenvalue weighted by atomic mass is 9.96. The molecule has 29 heavy (non-hydrogen) atoms. The van der Waals surface area contributed by atoms with Crippen LogP contribution in [0.4, 0.5) is 0 Å². The molecule has 0 saturated carbocycles. The quantitative estimate of drug-likeness (QED) is 0.605. The highest BCUT2D eigenvalue weighted by atomic mass is 28.3. The summed E-state index contributed by atoms with van der Waals surface area (Å²) in [5.41, 5.74) is 3.00. The molecule has 1 aliphatic heterocycles. The predicted octanol–water partition coefficient (Wildman–Crippen LogP) is 2.93. The lowest BCUT2D eigenvalue weighted by molar-refractivity contribution is -0.108. The average Bonchev–Trinajstić information content (AvgIpc) is 2.97. The highest BCUT2D eigenvalue weighted by molar-refractivity contribution is 6.83. The van der Waals surface area contributed by atoms with Gasteiger partial charge in [0.25, 0.3) is 5.56 Å². The third kappa shape index (κ3) is 5.79. The molecule has 1 aromatic heterocycles. The predicted molar refractivity (Wildman–Crippen MR) is 115 cm³/mol. The Morgan fingerprint density at radius 2 is 1.97 bits per heavy atom. The van der Waals surface area contributed by atoms with Crippen LogP contribution in [0.3, 0.4) is 0 Å². The third-order valence-electron chi connectivity index (χ3n) is 4.68. The fourth-order valence-corrected chi connectivity index (χ4v) is 3.97. The van der Waals surface area contributed by atoms with Gasteiger partial charge in [0.2, 0.25) is 0 Å². The molecular weight excluding hydrogens is 384 g/mol. The van der Waals surface area contributed by atoms with E-state index < -0.39 is 31.2 Å². The highest BCUT2D eigenvalue weighted by Crippen LogP contribution is 2.40. The highest BCUT2D eigenvalue weighted by Gasteiger charge is 2.44. The Balaban J connectivity index is 1.80. The minimum absolute atomic E-state index is 0.157. The Hall–Kier alpha value is -2.40. The minimum Gasteiger partial charge on any atom is -0.374 e. The van der Waals surface area contributed by atoms with Gasteiger partial charge >= 0.3 is 5.69 Å². The molecule has 7 heteroatoms. The second-order valence-corrected chi connectivity index (χ2v) is 13.5. The number of benzene rings is 1. The fourth-order valence-electron chi connectivity index (χ4n) is 3.35. The largest absolute Gasteiger partial charge is 0.374 e. The van der Waals surface area contributed by atoms with Gasteiger partial charge in [0.15, 0.2) is 6.23 Å². The maximum Gasteiger partial charge on any atom is 0.330 e. The van der Waals surface area contributed by atoms with Crippen LogP contribution >= 0.6 is 0 Å². The van der Waals surface area contributed by atoms with Crippen molar-refractivity contribution in [2.75, 3.05) is 6.61 Å². The Labute approximate surface area is 171 Å². The first-order valence-corrected chi connectivity index (χ1v) is 13.3. The van der Waals surface area contributed by atoms with Crippen molar-refractivity contribution in [3.05, 3.63) is 69.0 Å². The normalized spacial score (nSPS) is 24.1. The summed E-state index contributed by atoms with van der Waals surface area (Å²) < 4.78 is 13.6. The minimum atomic E-state index is -1.59. The second-order valence-electron chi connectivity index (χ2n) is 8.78. The summed E-state index contributed by atoms with van der Waals surface area (Å²) in [6.07, 6.45) is 1.56. The molecule has 2 heterocycles. The van der Waals surface area contributed by atoms with Crippen molar-refractivity contribution in [2.45, 2.75) is 51.4 Å². The zero-order valence-electron chi connectivity index (χ0n) is 17.4. The molecule has 3 atom stereocenters. The smallest absolute Gasteiger partial charge is 0.330 e. The van der Waals surface area contributed by atoms with Crippen molar-refractivity contribution in [3.8, 4) is 11.5 Å².